The normalized spacial score (nSPS) is 14.6. The second-order valence-electron chi connectivity index (χ2n) is 7.56. The van der Waals surface area contributed by atoms with Crippen LogP contribution in [0.5, 0.6) is 0 Å². The maximum absolute atomic E-state index is 12.9. The lowest BCUT2D eigenvalue weighted by Gasteiger charge is -2.33. The minimum absolute atomic E-state index is 0.231. The van der Waals surface area contributed by atoms with E-state index in [0.717, 1.165) is 42.9 Å². The number of anilines is 3. The van der Waals surface area contributed by atoms with Crippen LogP contribution < -0.4 is 16.0 Å². The van der Waals surface area contributed by atoms with E-state index in [2.05, 4.69) is 47.3 Å². The number of nitrogens with one attached hydrogen (secondary N) is 1. The van der Waals surface area contributed by atoms with Crippen molar-refractivity contribution in [3.63, 3.8) is 0 Å². The van der Waals surface area contributed by atoms with Crippen molar-refractivity contribution in [2.24, 2.45) is 0 Å². The predicted octanol–water partition coefficient (Wildman–Crippen LogP) is 2.13. The monoisotopic (exact) mass is 447 g/mol. The lowest BCUT2D eigenvalue weighted by molar-refractivity contribution is 0.102. The highest BCUT2D eigenvalue weighted by Gasteiger charge is 2.17. The summed E-state index contributed by atoms with van der Waals surface area (Å²) in [5.41, 5.74) is 7.74. The van der Waals surface area contributed by atoms with Gasteiger partial charge in [-0.15, -0.1) is 10.2 Å². The zero-order valence-electron chi connectivity index (χ0n) is 17.4. The van der Waals surface area contributed by atoms with Gasteiger partial charge in [0.15, 0.2) is 0 Å². The predicted molar refractivity (Wildman–Crippen MR) is 125 cm³/mol. The molecule has 32 heavy (non-hydrogen) atoms. The topological polar surface area (TPSA) is 126 Å². The van der Waals surface area contributed by atoms with Crippen molar-refractivity contribution in [1.82, 2.24) is 30.0 Å². The Morgan fingerprint density at radius 1 is 1.09 bits per heavy atom. The zero-order chi connectivity index (χ0) is 22.1. The van der Waals surface area contributed by atoms with Gasteiger partial charge in [0.05, 0.1) is 5.52 Å². The van der Waals surface area contributed by atoms with E-state index in [9.17, 15) is 4.79 Å². The molecule has 3 aromatic heterocycles. The zero-order valence-corrected chi connectivity index (χ0v) is 18.2. The molecule has 0 radical (unpaired) electrons. The number of pyridine rings is 1. The van der Waals surface area contributed by atoms with Crippen molar-refractivity contribution < 1.29 is 4.79 Å². The van der Waals surface area contributed by atoms with Crippen LogP contribution in [0.2, 0.25) is 0 Å². The van der Waals surface area contributed by atoms with Crippen molar-refractivity contribution >= 4 is 45.0 Å². The first-order chi connectivity index (χ1) is 15.5. The largest absolute Gasteiger partial charge is 0.374 e. The summed E-state index contributed by atoms with van der Waals surface area (Å²) in [6.45, 7) is 3.69. The quantitative estimate of drug-likeness (QED) is 0.484. The molecule has 1 amide bonds. The standard InChI is InChI=1S/C21H21N9OS/c1-29-6-8-30(9-7-29)17-11-13(4-5-23-17)18(31)26-21-24-12-15-3-2-14(10-16(15)25-21)19-27-28-20(22)32-19/h2-5,10-12H,6-9H2,1H3,(H2,22,28)(H,24,25,26,31). The smallest absolute Gasteiger partial charge is 0.258 e. The van der Waals surface area contributed by atoms with E-state index in [1.54, 1.807) is 24.5 Å². The summed E-state index contributed by atoms with van der Waals surface area (Å²) in [5.74, 6) is 0.746. The molecule has 1 saturated heterocycles. The molecule has 4 heterocycles. The van der Waals surface area contributed by atoms with Gasteiger partial charge in [-0.05, 0) is 25.2 Å². The molecule has 3 N–H and O–H groups in total. The van der Waals surface area contributed by atoms with E-state index in [-0.39, 0.29) is 11.9 Å². The van der Waals surface area contributed by atoms with Gasteiger partial charge in [0.25, 0.3) is 5.91 Å². The Hall–Kier alpha value is -3.70. The molecule has 1 aliphatic heterocycles. The summed E-state index contributed by atoms with van der Waals surface area (Å²) in [6.07, 6.45) is 3.34. The number of hydrogen-bond donors (Lipinski definition) is 2. The molecule has 0 unspecified atom stereocenters. The van der Waals surface area contributed by atoms with Gasteiger partial charge < -0.3 is 15.5 Å². The molecule has 1 aliphatic rings. The molecule has 5 rings (SSSR count). The van der Waals surface area contributed by atoms with Gasteiger partial charge in [-0.1, -0.05) is 23.5 Å². The Morgan fingerprint density at radius 3 is 2.72 bits per heavy atom. The van der Waals surface area contributed by atoms with Gasteiger partial charge >= 0.3 is 0 Å². The van der Waals surface area contributed by atoms with Crippen molar-refractivity contribution in [2.75, 3.05) is 49.2 Å². The molecule has 4 aromatic rings. The Labute approximate surface area is 188 Å². The molecule has 11 heteroatoms. The van der Waals surface area contributed by atoms with E-state index < -0.39 is 0 Å². The number of carbonyl (C=O) groups is 1. The number of piperazine rings is 1. The number of amides is 1. The number of aromatic nitrogens is 5. The highest BCUT2D eigenvalue weighted by Crippen LogP contribution is 2.27. The van der Waals surface area contributed by atoms with Crippen LogP contribution in [0, 0.1) is 0 Å². The molecule has 0 saturated carbocycles. The summed E-state index contributed by atoms with van der Waals surface area (Å²) in [7, 11) is 2.10. The van der Waals surface area contributed by atoms with E-state index in [1.165, 1.54) is 11.3 Å². The summed E-state index contributed by atoms with van der Waals surface area (Å²) >= 11 is 1.30. The minimum Gasteiger partial charge on any atom is -0.374 e. The maximum atomic E-state index is 12.9. The van der Waals surface area contributed by atoms with Crippen molar-refractivity contribution in [3.05, 3.63) is 48.3 Å². The summed E-state index contributed by atoms with van der Waals surface area (Å²) in [5, 5.41) is 12.7. The molecular weight excluding hydrogens is 426 g/mol. The van der Waals surface area contributed by atoms with Crippen LogP contribution in [-0.2, 0) is 0 Å². The fourth-order valence-corrected chi connectivity index (χ4v) is 4.12. The first-order valence-electron chi connectivity index (χ1n) is 10.1. The average Bonchev–Trinajstić information content (AvgIpc) is 3.25. The first kappa shape index (κ1) is 20.2. The lowest BCUT2D eigenvalue weighted by atomic mass is 10.1. The van der Waals surface area contributed by atoms with Gasteiger partial charge in [-0.2, -0.15) is 0 Å². The minimum atomic E-state index is -0.282. The van der Waals surface area contributed by atoms with Gasteiger partial charge in [0, 0.05) is 55.1 Å². The highest BCUT2D eigenvalue weighted by atomic mass is 32.1. The number of nitrogen functional groups attached to an aromatic ring is 1. The van der Waals surface area contributed by atoms with E-state index in [1.807, 2.05) is 18.2 Å². The Morgan fingerprint density at radius 2 is 1.94 bits per heavy atom. The molecule has 1 aromatic carbocycles. The fourth-order valence-electron chi connectivity index (χ4n) is 3.51. The molecule has 0 atom stereocenters. The second kappa shape index (κ2) is 8.44. The average molecular weight is 448 g/mol. The van der Waals surface area contributed by atoms with Crippen LogP contribution in [0.3, 0.4) is 0 Å². The summed E-state index contributed by atoms with van der Waals surface area (Å²) in [4.78, 5) is 30.5. The third-order valence-corrected chi connectivity index (χ3v) is 6.13. The molecule has 162 valence electrons. The number of rotatable bonds is 4. The second-order valence-corrected chi connectivity index (χ2v) is 8.57. The van der Waals surface area contributed by atoms with E-state index in [4.69, 9.17) is 5.73 Å². The summed E-state index contributed by atoms with van der Waals surface area (Å²) in [6, 6.07) is 9.19. The highest BCUT2D eigenvalue weighted by molar-refractivity contribution is 7.18. The van der Waals surface area contributed by atoms with Gasteiger partial charge in [-0.25, -0.2) is 15.0 Å². The van der Waals surface area contributed by atoms with Crippen LogP contribution in [0.15, 0.2) is 42.7 Å². The van der Waals surface area contributed by atoms with Crippen LogP contribution in [0.4, 0.5) is 16.9 Å². The third kappa shape index (κ3) is 4.20. The third-order valence-electron chi connectivity index (χ3n) is 5.33. The Balaban J connectivity index is 1.36. The number of hydrogen-bond acceptors (Lipinski definition) is 10. The van der Waals surface area contributed by atoms with E-state index >= 15 is 0 Å². The molecule has 10 nitrogen and oxygen atoms in total. The number of fused-ring (bicyclic) bond motifs is 1. The summed E-state index contributed by atoms with van der Waals surface area (Å²) < 4.78 is 0. The first-order valence-corrected chi connectivity index (χ1v) is 10.9. The fraction of sp³-hybridized carbons (Fsp3) is 0.238. The van der Waals surface area contributed by atoms with Crippen molar-refractivity contribution in [1.29, 1.82) is 0 Å². The molecular formula is C21H21N9OS. The van der Waals surface area contributed by atoms with Crippen molar-refractivity contribution in [3.8, 4) is 10.6 Å². The number of nitrogens with zero attached hydrogens (tertiary/aromatic N) is 7. The lowest BCUT2D eigenvalue weighted by Crippen LogP contribution is -2.44. The molecule has 0 spiro atoms. The van der Waals surface area contributed by atoms with E-state index in [0.29, 0.717) is 21.2 Å². The van der Waals surface area contributed by atoms with Crippen LogP contribution in [-0.4, -0.2) is 69.2 Å². The number of nitrogens with two attached hydrogens (primary N) is 1. The van der Waals surface area contributed by atoms with Crippen LogP contribution >= 0.6 is 11.3 Å². The Kier molecular flexibility index (Phi) is 5.33. The number of likely N-dealkylation sites (N-methyl/N-ethyl adjacent to an activating group) is 1. The van der Waals surface area contributed by atoms with Gasteiger partial charge in [0.1, 0.15) is 10.8 Å². The van der Waals surface area contributed by atoms with Crippen LogP contribution in [0.25, 0.3) is 21.5 Å². The Bertz CT molecular complexity index is 1280. The maximum Gasteiger partial charge on any atom is 0.258 e. The number of carbonyl (C=O) groups excluding carboxylic acids is 1. The number of benzene rings is 1. The van der Waals surface area contributed by atoms with Crippen molar-refractivity contribution in [2.45, 2.75) is 0 Å². The SMILES string of the molecule is CN1CCN(c2cc(C(=O)Nc3ncc4ccc(-c5nnc(N)s5)cc4n3)ccn2)CC1. The van der Waals surface area contributed by atoms with Gasteiger partial charge in [0.2, 0.25) is 11.1 Å². The van der Waals surface area contributed by atoms with Gasteiger partial charge in [-0.3, -0.25) is 10.1 Å². The van der Waals surface area contributed by atoms with Crippen LogP contribution in [0.1, 0.15) is 10.4 Å². The molecule has 0 bridgehead atoms. The molecule has 0 aliphatic carbocycles. The molecule has 1 fully saturated rings.